The highest BCUT2D eigenvalue weighted by atomic mass is 35.5. The second-order valence-corrected chi connectivity index (χ2v) is 3.80. The largest absolute Gasteiger partial charge is 0.481 e. The first-order chi connectivity index (χ1) is 8.02. The Morgan fingerprint density at radius 3 is 2.29 bits per heavy atom. The van der Waals surface area contributed by atoms with E-state index in [0.29, 0.717) is 5.69 Å². The second-order valence-electron chi connectivity index (χ2n) is 3.43. The average molecular weight is 258 g/mol. The van der Waals surface area contributed by atoms with E-state index >= 15 is 0 Å². The molecular weight excluding hydrogens is 246 g/mol. The van der Waals surface area contributed by atoms with Crippen LogP contribution in [-0.4, -0.2) is 28.2 Å². The summed E-state index contributed by atoms with van der Waals surface area (Å²) in [5, 5.41) is 17.5. The van der Waals surface area contributed by atoms with Gasteiger partial charge < -0.3 is 10.2 Å². The number of anilines is 1. The van der Waals surface area contributed by atoms with Crippen molar-refractivity contribution in [3.63, 3.8) is 0 Å². The van der Waals surface area contributed by atoms with Crippen LogP contribution in [0.4, 0.5) is 5.69 Å². The summed E-state index contributed by atoms with van der Waals surface area (Å²) in [6.07, 6.45) is -0.296. The molecule has 0 bridgehead atoms. The zero-order valence-electron chi connectivity index (χ0n) is 8.91. The molecule has 0 amide bonds. The van der Waals surface area contributed by atoms with Crippen molar-refractivity contribution < 1.29 is 19.8 Å². The van der Waals surface area contributed by atoms with Gasteiger partial charge in [-0.3, -0.25) is 9.21 Å². The van der Waals surface area contributed by atoms with Gasteiger partial charge in [-0.2, -0.15) is 0 Å². The lowest BCUT2D eigenvalue weighted by atomic mass is 10.1. The van der Waals surface area contributed by atoms with Gasteiger partial charge >= 0.3 is 11.9 Å². The molecule has 0 aromatic heterocycles. The Hall–Kier alpha value is -1.75. The Bertz CT molecular complexity index is 396. The van der Waals surface area contributed by atoms with Crippen LogP contribution < -0.4 is 4.42 Å². The standard InChI is InChI=1S/C11H12ClNO4/c12-13(8-4-2-1-3-5-8)9(11(16)17)6-7-10(14)15/h1-5,9H,6-7H2,(H,14,15)(H,16,17). The number of hydrogen-bond donors (Lipinski definition) is 2. The van der Waals surface area contributed by atoms with E-state index in [9.17, 15) is 9.59 Å². The maximum atomic E-state index is 11.0. The summed E-state index contributed by atoms with van der Waals surface area (Å²) in [6, 6.07) is 7.48. The van der Waals surface area contributed by atoms with Crippen LogP contribution in [0.15, 0.2) is 30.3 Å². The molecule has 6 heteroatoms. The third-order valence-electron chi connectivity index (χ3n) is 2.19. The predicted octanol–water partition coefficient (Wildman–Crippen LogP) is 1.96. The van der Waals surface area contributed by atoms with Crippen LogP contribution in [0.3, 0.4) is 0 Å². The Labute approximate surface area is 103 Å². The maximum Gasteiger partial charge on any atom is 0.327 e. The van der Waals surface area contributed by atoms with Crippen LogP contribution in [0.5, 0.6) is 0 Å². The number of carboxylic acids is 2. The molecule has 0 saturated carbocycles. The van der Waals surface area contributed by atoms with Crippen molar-refractivity contribution in [3.05, 3.63) is 30.3 Å². The average Bonchev–Trinajstić information content (AvgIpc) is 2.29. The van der Waals surface area contributed by atoms with Crippen LogP contribution in [0.2, 0.25) is 0 Å². The van der Waals surface area contributed by atoms with Gasteiger partial charge in [-0.15, -0.1) is 0 Å². The monoisotopic (exact) mass is 257 g/mol. The Morgan fingerprint density at radius 1 is 1.24 bits per heavy atom. The highest BCUT2D eigenvalue weighted by molar-refractivity contribution is 6.27. The van der Waals surface area contributed by atoms with E-state index in [1.807, 2.05) is 0 Å². The van der Waals surface area contributed by atoms with Crippen LogP contribution in [0, 0.1) is 0 Å². The molecule has 0 aliphatic carbocycles. The molecule has 0 fully saturated rings. The normalized spacial score (nSPS) is 11.8. The van der Waals surface area contributed by atoms with Gasteiger partial charge in [0.25, 0.3) is 0 Å². The molecule has 0 spiro atoms. The second kappa shape index (κ2) is 6.10. The summed E-state index contributed by atoms with van der Waals surface area (Å²) >= 11 is 5.91. The van der Waals surface area contributed by atoms with Gasteiger partial charge in [0.15, 0.2) is 0 Å². The highest BCUT2D eigenvalue weighted by Crippen LogP contribution is 2.21. The van der Waals surface area contributed by atoms with Crippen molar-refractivity contribution in [2.75, 3.05) is 4.42 Å². The van der Waals surface area contributed by atoms with E-state index in [4.69, 9.17) is 22.0 Å². The van der Waals surface area contributed by atoms with Crippen LogP contribution in [0.1, 0.15) is 12.8 Å². The molecule has 5 nitrogen and oxygen atoms in total. The van der Waals surface area contributed by atoms with Crippen molar-refractivity contribution in [2.24, 2.45) is 0 Å². The molecule has 1 aromatic carbocycles. The maximum absolute atomic E-state index is 11.0. The summed E-state index contributed by atoms with van der Waals surface area (Å²) in [5.74, 6) is -2.19. The van der Waals surface area contributed by atoms with Crippen molar-refractivity contribution in [1.82, 2.24) is 0 Å². The summed E-state index contributed by atoms with van der Waals surface area (Å²) < 4.78 is 1.05. The van der Waals surface area contributed by atoms with E-state index in [-0.39, 0.29) is 12.8 Å². The minimum absolute atomic E-state index is 0.0525. The lowest BCUT2D eigenvalue weighted by Crippen LogP contribution is -2.35. The number of hydrogen-bond acceptors (Lipinski definition) is 3. The van der Waals surface area contributed by atoms with Crippen molar-refractivity contribution >= 4 is 29.4 Å². The molecule has 0 aliphatic heterocycles. The third-order valence-corrected chi connectivity index (χ3v) is 2.62. The van der Waals surface area contributed by atoms with Gasteiger partial charge in [-0.25, -0.2) is 4.79 Å². The number of aliphatic carboxylic acids is 2. The van der Waals surface area contributed by atoms with Gasteiger partial charge in [0.1, 0.15) is 6.04 Å². The van der Waals surface area contributed by atoms with E-state index in [1.165, 1.54) is 0 Å². The number of halogens is 1. The van der Waals surface area contributed by atoms with E-state index in [2.05, 4.69) is 0 Å². The van der Waals surface area contributed by atoms with Crippen molar-refractivity contribution in [1.29, 1.82) is 0 Å². The highest BCUT2D eigenvalue weighted by Gasteiger charge is 2.25. The minimum Gasteiger partial charge on any atom is -0.481 e. The number of carbonyl (C=O) groups is 2. The lowest BCUT2D eigenvalue weighted by Gasteiger charge is -2.22. The molecular formula is C11H12ClNO4. The molecule has 1 unspecified atom stereocenters. The summed E-state index contributed by atoms with van der Waals surface area (Å²) in [7, 11) is 0. The Kier molecular flexibility index (Phi) is 4.78. The number of benzene rings is 1. The molecule has 2 N–H and O–H groups in total. The first kappa shape index (κ1) is 13.3. The molecule has 92 valence electrons. The fourth-order valence-corrected chi connectivity index (χ4v) is 1.64. The topological polar surface area (TPSA) is 77.8 Å². The molecule has 0 saturated heterocycles. The Balaban J connectivity index is 2.77. The number of nitrogens with zero attached hydrogens (tertiary/aromatic N) is 1. The lowest BCUT2D eigenvalue weighted by molar-refractivity contribution is -0.139. The van der Waals surface area contributed by atoms with Gasteiger partial charge in [0.2, 0.25) is 0 Å². The van der Waals surface area contributed by atoms with E-state index in [1.54, 1.807) is 30.3 Å². The van der Waals surface area contributed by atoms with Gasteiger partial charge in [-0.1, -0.05) is 18.2 Å². The van der Waals surface area contributed by atoms with Crippen LogP contribution >= 0.6 is 11.8 Å². The molecule has 1 aromatic rings. The minimum atomic E-state index is -1.15. The zero-order valence-corrected chi connectivity index (χ0v) is 9.67. The molecule has 17 heavy (non-hydrogen) atoms. The summed E-state index contributed by atoms with van der Waals surface area (Å²) in [5.41, 5.74) is 0.520. The van der Waals surface area contributed by atoms with Crippen molar-refractivity contribution in [3.8, 4) is 0 Å². The number of para-hydroxylation sites is 1. The third kappa shape index (κ3) is 3.96. The first-order valence-electron chi connectivity index (χ1n) is 4.97. The van der Waals surface area contributed by atoms with E-state index in [0.717, 1.165) is 4.42 Å². The predicted molar refractivity (Wildman–Crippen MR) is 63.1 cm³/mol. The molecule has 1 rings (SSSR count). The molecule has 0 aliphatic rings. The summed E-state index contributed by atoms with van der Waals surface area (Å²) in [6.45, 7) is 0. The Morgan fingerprint density at radius 2 is 1.82 bits per heavy atom. The van der Waals surface area contributed by atoms with Crippen LogP contribution in [-0.2, 0) is 9.59 Å². The summed E-state index contributed by atoms with van der Waals surface area (Å²) in [4.78, 5) is 21.4. The zero-order chi connectivity index (χ0) is 12.8. The van der Waals surface area contributed by atoms with Gasteiger partial charge in [0.05, 0.1) is 5.69 Å². The van der Waals surface area contributed by atoms with E-state index < -0.39 is 18.0 Å². The fourth-order valence-electron chi connectivity index (χ4n) is 1.34. The number of rotatable bonds is 6. The number of carboxylic acid groups (broad SMARTS) is 2. The smallest absolute Gasteiger partial charge is 0.327 e. The quantitative estimate of drug-likeness (QED) is 0.762. The molecule has 1 atom stereocenters. The van der Waals surface area contributed by atoms with Gasteiger partial charge in [-0.05, 0) is 18.6 Å². The fraction of sp³-hybridized carbons (Fsp3) is 0.273. The first-order valence-corrected chi connectivity index (χ1v) is 5.31. The SMILES string of the molecule is O=C(O)CCC(C(=O)O)N(Cl)c1ccccc1. The van der Waals surface area contributed by atoms with Crippen LogP contribution in [0.25, 0.3) is 0 Å². The molecule has 0 heterocycles. The molecule has 0 radical (unpaired) electrons. The van der Waals surface area contributed by atoms with Gasteiger partial charge in [0, 0.05) is 18.2 Å². The van der Waals surface area contributed by atoms with Crippen molar-refractivity contribution in [2.45, 2.75) is 18.9 Å².